The van der Waals surface area contributed by atoms with Crippen molar-refractivity contribution in [2.24, 2.45) is 5.92 Å². The van der Waals surface area contributed by atoms with Crippen molar-refractivity contribution < 1.29 is 14.3 Å². The lowest BCUT2D eigenvalue weighted by molar-refractivity contribution is -0.140. The molecule has 4 heteroatoms. The van der Waals surface area contributed by atoms with Crippen LogP contribution in [0.4, 0.5) is 0 Å². The Morgan fingerprint density at radius 2 is 2.23 bits per heavy atom. The fraction of sp³-hybridized carbons (Fsp3) is 0.444. The molecule has 1 unspecified atom stereocenters. The molecular weight excluding hydrogens is 236 g/mol. The van der Waals surface area contributed by atoms with Crippen LogP contribution in [0.25, 0.3) is 0 Å². The molecule has 0 spiro atoms. The maximum Gasteiger partial charge on any atom is 0.314 e. The summed E-state index contributed by atoms with van der Waals surface area (Å²) in [5.74, 6) is -0.933. The molecule has 72 valence electrons. The highest BCUT2D eigenvalue weighted by molar-refractivity contribution is 9.10. The van der Waals surface area contributed by atoms with Gasteiger partial charge in [0.2, 0.25) is 0 Å². The quantitative estimate of drug-likeness (QED) is 0.893. The average molecular weight is 247 g/mol. The first-order valence-electron chi connectivity index (χ1n) is 3.99. The van der Waals surface area contributed by atoms with Crippen molar-refractivity contribution >= 4 is 21.9 Å². The van der Waals surface area contributed by atoms with Crippen molar-refractivity contribution in [1.82, 2.24) is 0 Å². The molecule has 0 aliphatic rings. The molecule has 1 aromatic rings. The minimum atomic E-state index is -0.856. The standard InChI is InChI=1S/C9H11BrO3/c1-5(2)7(9(11)12)8-6(10)3-4-13-8/h3-5,7H,1-2H3,(H,11,12). The number of carboxylic acid groups (broad SMARTS) is 1. The lowest BCUT2D eigenvalue weighted by Crippen LogP contribution is -2.17. The molecule has 0 saturated heterocycles. The molecule has 0 aliphatic heterocycles. The van der Waals surface area contributed by atoms with Gasteiger partial charge < -0.3 is 9.52 Å². The Balaban J connectivity index is 3.02. The Labute approximate surface area is 84.9 Å². The zero-order chi connectivity index (χ0) is 10.0. The summed E-state index contributed by atoms with van der Waals surface area (Å²) < 4.78 is 5.84. The van der Waals surface area contributed by atoms with Gasteiger partial charge in [0.25, 0.3) is 0 Å². The highest BCUT2D eigenvalue weighted by Gasteiger charge is 2.28. The van der Waals surface area contributed by atoms with E-state index in [0.717, 1.165) is 0 Å². The first-order chi connectivity index (χ1) is 6.04. The van der Waals surface area contributed by atoms with Crippen LogP contribution in [0.15, 0.2) is 21.2 Å². The highest BCUT2D eigenvalue weighted by Crippen LogP contribution is 2.31. The number of rotatable bonds is 3. The summed E-state index contributed by atoms with van der Waals surface area (Å²) in [5, 5.41) is 8.96. The molecule has 0 radical (unpaired) electrons. The first kappa shape index (κ1) is 10.3. The lowest BCUT2D eigenvalue weighted by Gasteiger charge is -2.13. The highest BCUT2D eigenvalue weighted by atomic mass is 79.9. The van der Waals surface area contributed by atoms with Gasteiger partial charge in [-0.25, -0.2) is 0 Å². The van der Waals surface area contributed by atoms with Gasteiger partial charge in [-0.05, 0) is 27.9 Å². The number of carboxylic acids is 1. The third kappa shape index (κ3) is 2.12. The minimum Gasteiger partial charge on any atom is -0.481 e. The van der Waals surface area contributed by atoms with Crippen molar-refractivity contribution in [3.8, 4) is 0 Å². The zero-order valence-electron chi connectivity index (χ0n) is 7.45. The van der Waals surface area contributed by atoms with Gasteiger partial charge in [-0.1, -0.05) is 13.8 Å². The molecule has 0 bridgehead atoms. The number of furan rings is 1. The minimum absolute atomic E-state index is 0.0138. The summed E-state index contributed by atoms with van der Waals surface area (Å²) in [4.78, 5) is 10.9. The number of aliphatic carboxylic acids is 1. The molecular formula is C9H11BrO3. The summed E-state index contributed by atoms with van der Waals surface area (Å²) in [6.07, 6.45) is 1.48. The smallest absolute Gasteiger partial charge is 0.314 e. The largest absolute Gasteiger partial charge is 0.481 e. The van der Waals surface area contributed by atoms with Crippen LogP contribution < -0.4 is 0 Å². The fourth-order valence-corrected chi connectivity index (χ4v) is 1.68. The van der Waals surface area contributed by atoms with Crippen LogP contribution in [0.2, 0.25) is 0 Å². The molecule has 1 heterocycles. The van der Waals surface area contributed by atoms with Gasteiger partial charge >= 0.3 is 5.97 Å². The van der Waals surface area contributed by atoms with E-state index in [-0.39, 0.29) is 5.92 Å². The van der Waals surface area contributed by atoms with Crippen molar-refractivity contribution in [3.05, 3.63) is 22.6 Å². The van der Waals surface area contributed by atoms with E-state index >= 15 is 0 Å². The Morgan fingerprint density at radius 1 is 1.62 bits per heavy atom. The second-order valence-electron chi connectivity index (χ2n) is 3.19. The molecule has 0 saturated carbocycles. The van der Waals surface area contributed by atoms with Crippen LogP contribution in [-0.4, -0.2) is 11.1 Å². The Kier molecular flexibility index (Phi) is 3.14. The van der Waals surface area contributed by atoms with Crippen molar-refractivity contribution in [2.75, 3.05) is 0 Å². The van der Waals surface area contributed by atoms with Crippen LogP contribution in [0.5, 0.6) is 0 Å². The second-order valence-corrected chi connectivity index (χ2v) is 4.05. The lowest BCUT2D eigenvalue weighted by atomic mass is 9.94. The molecule has 1 atom stereocenters. The topological polar surface area (TPSA) is 50.4 Å². The van der Waals surface area contributed by atoms with Crippen molar-refractivity contribution in [2.45, 2.75) is 19.8 Å². The number of halogens is 1. The van der Waals surface area contributed by atoms with E-state index in [2.05, 4.69) is 15.9 Å². The van der Waals surface area contributed by atoms with E-state index in [0.29, 0.717) is 10.2 Å². The van der Waals surface area contributed by atoms with Gasteiger partial charge in [-0.15, -0.1) is 0 Å². The monoisotopic (exact) mass is 246 g/mol. The molecule has 0 aromatic carbocycles. The second kappa shape index (κ2) is 3.96. The number of hydrogen-bond donors (Lipinski definition) is 1. The fourth-order valence-electron chi connectivity index (χ4n) is 1.23. The molecule has 13 heavy (non-hydrogen) atoms. The van der Waals surface area contributed by atoms with E-state index in [4.69, 9.17) is 9.52 Å². The van der Waals surface area contributed by atoms with Crippen LogP contribution in [0, 0.1) is 5.92 Å². The molecule has 0 amide bonds. The predicted octanol–water partition coefficient (Wildman–Crippen LogP) is 2.87. The van der Waals surface area contributed by atoms with Gasteiger partial charge in [-0.2, -0.15) is 0 Å². The van der Waals surface area contributed by atoms with E-state index in [1.165, 1.54) is 6.26 Å². The summed E-state index contributed by atoms with van der Waals surface area (Å²) >= 11 is 3.25. The van der Waals surface area contributed by atoms with Gasteiger partial charge in [0.15, 0.2) is 0 Å². The van der Waals surface area contributed by atoms with Gasteiger partial charge in [0.05, 0.1) is 10.7 Å². The number of carbonyl (C=O) groups is 1. The summed E-state index contributed by atoms with van der Waals surface area (Å²) in [6, 6.07) is 1.70. The normalized spacial score (nSPS) is 13.2. The maximum atomic E-state index is 10.9. The van der Waals surface area contributed by atoms with Crippen molar-refractivity contribution in [1.29, 1.82) is 0 Å². The van der Waals surface area contributed by atoms with Gasteiger partial charge in [0, 0.05) is 0 Å². The maximum absolute atomic E-state index is 10.9. The van der Waals surface area contributed by atoms with E-state index in [9.17, 15) is 4.79 Å². The summed E-state index contributed by atoms with van der Waals surface area (Å²) in [7, 11) is 0. The van der Waals surface area contributed by atoms with Crippen LogP contribution in [0.3, 0.4) is 0 Å². The van der Waals surface area contributed by atoms with E-state index in [1.54, 1.807) is 6.07 Å². The Bertz CT molecular complexity index is 304. The van der Waals surface area contributed by atoms with Crippen molar-refractivity contribution in [3.63, 3.8) is 0 Å². The predicted molar refractivity (Wildman–Crippen MR) is 51.6 cm³/mol. The average Bonchev–Trinajstić information content (AvgIpc) is 2.35. The third-order valence-corrected chi connectivity index (χ3v) is 2.52. The Morgan fingerprint density at radius 3 is 2.54 bits per heavy atom. The van der Waals surface area contributed by atoms with E-state index in [1.807, 2.05) is 13.8 Å². The molecule has 0 fully saturated rings. The van der Waals surface area contributed by atoms with Crippen LogP contribution in [0.1, 0.15) is 25.5 Å². The SMILES string of the molecule is CC(C)C(C(=O)O)c1occc1Br. The molecule has 1 aromatic heterocycles. The van der Waals surface area contributed by atoms with Gasteiger partial charge in [-0.3, -0.25) is 4.79 Å². The molecule has 1 rings (SSSR count). The van der Waals surface area contributed by atoms with E-state index < -0.39 is 11.9 Å². The Hall–Kier alpha value is -0.770. The van der Waals surface area contributed by atoms with Gasteiger partial charge in [0.1, 0.15) is 11.7 Å². The van der Waals surface area contributed by atoms with Crippen LogP contribution >= 0.6 is 15.9 Å². The van der Waals surface area contributed by atoms with Crippen LogP contribution in [-0.2, 0) is 4.79 Å². The first-order valence-corrected chi connectivity index (χ1v) is 4.79. The summed E-state index contributed by atoms with van der Waals surface area (Å²) in [6.45, 7) is 3.71. The molecule has 1 N–H and O–H groups in total. The number of hydrogen-bond acceptors (Lipinski definition) is 2. The molecule has 0 aliphatic carbocycles. The summed E-state index contributed by atoms with van der Waals surface area (Å²) in [5.41, 5.74) is 0. The third-order valence-electron chi connectivity index (χ3n) is 1.86. The zero-order valence-corrected chi connectivity index (χ0v) is 9.04. The molecule has 3 nitrogen and oxygen atoms in total.